The summed E-state index contributed by atoms with van der Waals surface area (Å²) >= 11 is 1.20. The molecule has 0 unspecified atom stereocenters. The fourth-order valence-corrected chi connectivity index (χ4v) is 2.56. The number of aromatic nitrogens is 2. The molecule has 0 atom stereocenters. The van der Waals surface area contributed by atoms with Crippen molar-refractivity contribution in [2.24, 2.45) is 5.16 Å². The van der Waals surface area contributed by atoms with E-state index in [9.17, 15) is 4.79 Å². The van der Waals surface area contributed by atoms with Crippen molar-refractivity contribution in [1.29, 1.82) is 0 Å². The lowest BCUT2D eigenvalue weighted by Crippen LogP contribution is -2.14. The standard InChI is InChI=1S/C15H18N4O2S/c1-4-13-16-15(22-19-13)17-14(20)9-11-6-5-7-12(8-11)10(2)18-21-3/h5-8H,4,9H2,1-3H3,(H,16,17,19,20)/b18-10-. The molecule has 6 nitrogen and oxygen atoms in total. The minimum atomic E-state index is -0.114. The van der Waals surface area contributed by atoms with Gasteiger partial charge >= 0.3 is 0 Å². The molecule has 0 spiro atoms. The summed E-state index contributed by atoms with van der Waals surface area (Å²) in [4.78, 5) is 21.0. The van der Waals surface area contributed by atoms with Gasteiger partial charge in [-0.25, -0.2) is 4.98 Å². The molecule has 1 aromatic heterocycles. The van der Waals surface area contributed by atoms with Crippen LogP contribution in [0.15, 0.2) is 29.4 Å². The average Bonchev–Trinajstić information content (AvgIpc) is 2.95. The number of rotatable bonds is 6. The van der Waals surface area contributed by atoms with Crippen LogP contribution in [0.5, 0.6) is 0 Å². The molecule has 0 fully saturated rings. The molecule has 2 rings (SSSR count). The Kier molecular flexibility index (Phi) is 5.60. The number of amides is 1. The number of hydrogen-bond acceptors (Lipinski definition) is 6. The van der Waals surface area contributed by atoms with Crippen LogP contribution in [-0.2, 0) is 22.5 Å². The van der Waals surface area contributed by atoms with Gasteiger partial charge in [0.25, 0.3) is 0 Å². The van der Waals surface area contributed by atoms with E-state index in [1.165, 1.54) is 18.6 Å². The highest BCUT2D eigenvalue weighted by atomic mass is 32.1. The van der Waals surface area contributed by atoms with Gasteiger partial charge in [-0.15, -0.1) is 0 Å². The van der Waals surface area contributed by atoms with Gasteiger partial charge in [-0.3, -0.25) is 4.79 Å². The van der Waals surface area contributed by atoms with Crippen LogP contribution in [0.3, 0.4) is 0 Å². The minimum absolute atomic E-state index is 0.114. The highest BCUT2D eigenvalue weighted by Gasteiger charge is 2.09. The monoisotopic (exact) mass is 318 g/mol. The van der Waals surface area contributed by atoms with Crippen LogP contribution in [0.4, 0.5) is 5.13 Å². The van der Waals surface area contributed by atoms with Gasteiger partial charge in [-0.1, -0.05) is 30.3 Å². The lowest BCUT2D eigenvalue weighted by Gasteiger charge is -2.05. The second kappa shape index (κ2) is 7.65. The molecular weight excluding hydrogens is 300 g/mol. The van der Waals surface area contributed by atoms with Crippen molar-refractivity contribution < 1.29 is 9.63 Å². The van der Waals surface area contributed by atoms with Crippen LogP contribution in [0.1, 0.15) is 30.8 Å². The lowest BCUT2D eigenvalue weighted by atomic mass is 10.1. The van der Waals surface area contributed by atoms with Gasteiger partial charge in [0.15, 0.2) is 0 Å². The molecule has 0 bridgehead atoms. The molecular formula is C15H18N4O2S. The zero-order valence-corrected chi connectivity index (χ0v) is 13.6. The number of anilines is 1. The van der Waals surface area contributed by atoms with Gasteiger partial charge in [0.1, 0.15) is 12.9 Å². The zero-order chi connectivity index (χ0) is 15.9. The third kappa shape index (κ3) is 4.36. The summed E-state index contributed by atoms with van der Waals surface area (Å²) in [5.41, 5.74) is 2.60. The third-order valence-electron chi connectivity index (χ3n) is 2.97. The quantitative estimate of drug-likeness (QED) is 0.656. The van der Waals surface area contributed by atoms with E-state index in [4.69, 9.17) is 4.84 Å². The van der Waals surface area contributed by atoms with Crippen LogP contribution in [0, 0.1) is 0 Å². The van der Waals surface area contributed by atoms with E-state index in [1.54, 1.807) is 0 Å². The first-order chi connectivity index (χ1) is 10.6. The molecule has 0 saturated heterocycles. The summed E-state index contributed by atoms with van der Waals surface area (Å²) < 4.78 is 4.14. The second-order valence-electron chi connectivity index (χ2n) is 4.65. The van der Waals surface area contributed by atoms with Gasteiger partial charge in [-0.05, 0) is 24.1 Å². The molecule has 0 radical (unpaired) electrons. The molecule has 0 aliphatic rings. The summed E-state index contributed by atoms with van der Waals surface area (Å²) in [7, 11) is 1.51. The number of benzene rings is 1. The minimum Gasteiger partial charge on any atom is -0.399 e. The van der Waals surface area contributed by atoms with Crippen LogP contribution in [0.25, 0.3) is 0 Å². The maximum Gasteiger partial charge on any atom is 0.230 e. The first-order valence-electron chi connectivity index (χ1n) is 6.92. The molecule has 1 aromatic carbocycles. The van der Waals surface area contributed by atoms with Crippen molar-refractivity contribution in [3.05, 3.63) is 41.2 Å². The van der Waals surface area contributed by atoms with Crippen molar-refractivity contribution in [2.45, 2.75) is 26.7 Å². The largest absolute Gasteiger partial charge is 0.399 e. The topological polar surface area (TPSA) is 76.5 Å². The Hall–Kier alpha value is -2.28. The van der Waals surface area contributed by atoms with Crippen molar-refractivity contribution >= 4 is 28.3 Å². The second-order valence-corrected chi connectivity index (χ2v) is 5.41. The Morgan fingerprint density at radius 3 is 2.95 bits per heavy atom. The highest BCUT2D eigenvalue weighted by molar-refractivity contribution is 7.09. The van der Waals surface area contributed by atoms with Gasteiger partial charge < -0.3 is 10.2 Å². The molecule has 0 aliphatic heterocycles. The maximum absolute atomic E-state index is 12.1. The molecule has 0 saturated carbocycles. The molecule has 1 heterocycles. The number of carbonyl (C=O) groups is 1. The molecule has 1 N–H and O–H groups in total. The first kappa shape index (κ1) is 16.1. The summed E-state index contributed by atoms with van der Waals surface area (Å²) in [6.45, 7) is 3.83. The number of nitrogens with zero attached hydrogens (tertiary/aromatic N) is 3. The SMILES string of the molecule is CCc1nsc(NC(=O)Cc2cccc(/C(C)=N\OC)c2)n1. The number of hydrogen-bond donors (Lipinski definition) is 1. The van der Waals surface area contributed by atoms with E-state index in [1.807, 2.05) is 38.1 Å². The van der Waals surface area contributed by atoms with Crippen LogP contribution in [0.2, 0.25) is 0 Å². The Morgan fingerprint density at radius 2 is 2.27 bits per heavy atom. The van der Waals surface area contributed by atoms with E-state index < -0.39 is 0 Å². The van der Waals surface area contributed by atoms with Crippen LogP contribution < -0.4 is 5.32 Å². The Morgan fingerprint density at radius 1 is 1.45 bits per heavy atom. The van der Waals surface area contributed by atoms with Gasteiger partial charge in [0.05, 0.1) is 12.1 Å². The third-order valence-corrected chi connectivity index (χ3v) is 3.64. The van der Waals surface area contributed by atoms with Crippen LogP contribution in [-0.4, -0.2) is 28.1 Å². The predicted octanol–water partition coefficient (Wildman–Crippen LogP) is 2.65. The van der Waals surface area contributed by atoms with E-state index in [0.29, 0.717) is 5.13 Å². The highest BCUT2D eigenvalue weighted by Crippen LogP contribution is 2.13. The summed E-state index contributed by atoms with van der Waals surface area (Å²) in [6.07, 6.45) is 1.03. The van der Waals surface area contributed by atoms with E-state index in [0.717, 1.165) is 29.1 Å². The number of oxime groups is 1. The zero-order valence-electron chi connectivity index (χ0n) is 12.8. The number of nitrogens with one attached hydrogen (secondary N) is 1. The van der Waals surface area contributed by atoms with Gasteiger partial charge in [0, 0.05) is 18.0 Å². The maximum atomic E-state index is 12.1. The summed E-state index contributed by atoms with van der Waals surface area (Å²) in [6, 6.07) is 7.65. The van der Waals surface area contributed by atoms with E-state index in [2.05, 4.69) is 19.8 Å². The molecule has 2 aromatic rings. The average molecular weight is 318 g/mol. The Bertz CT molecular complexity index is 682. The van der Waals surface area contributed by atoms with E-state index >= 15 is 0 Å². The predicted molar refractivity (Wildman–Crippen MR) is 87.3 cm³/mol. The van der Waals surface area contributed by atoms with Gasteiger partial charge in [-0.2, -0.15) is 4.37 Å². The Labute approximate surface area is 133 Å². The normalized spacial score (nSPS) is 11.3. The fourth-order valence-electron chi connectivity index (χ4n) is 1.89. The Balaban J connectivity index is 2.02. The van der Waals surface area contributed by atoms with Crippen molar-refractivity contribution in [1.82, 2.24) is 9.36 Å². The molecule has 116 valence electrons. The lowest BCUT2D eigenvalue weighted by molar-refractivity contribution is -0.115. The van der Waals surface area contributed by atoms with Crippen molar-refractivity contribution in [2.75, 3.05) is 12.4 Å². The molecule has 7 heteroatoms. The molecule has 1 amide bonds. The summed E-state index contributed by atoms with van der Waals surface area (Å²) in [5, 5.41) is 7.20. The summed E-state index contributed by atoms with van der Waals surface area (Å²) in [5.74, 6) is 0.631. The smallest absolute Gasteiger partial charge is 0.230 e. The first-order valence-corrected chi connectivity index (χ1v) is 7.69. The van der Waals surface area contributed by atoms with Crippen molar-refractivity contribution in [3.63, 3.8) is 0 Å². The van der Waals surface area contributed by atoms with Crippen LogP contribution >= 0.6 is 11.5 Å². The molecule has 0 aliphatic carbocycles. The van der Waals surface area contributed by atoms with Crippen molar-refractivity contribution in [3.8, 4) is 0 Å². The molecule has 22 heavy (non-hydrogen) atoms. The van der Waals surface area contributed by atoms with E-state index in [-0.39, 0.29) is 12.3 Å². The van der Waals surface area contributed by atoms with Gasteiger partial charge in [0.2, 0.25) is 11.0 Å². The number of carbonyl (C=O) groups excluding carboxylic acids is 1. The fraction of sp³-hybridized carbons (Fsp3) is 0.333. The number of aryl methyl sites for hydroxylation is 1.